The summed E-state index contributed by atoms with van der Waals surface area (Å²) in [6.07, 6.45) is 1.97. The van der Waals surface area contributed by atoms with Crippen LogP contribution in [0.25, 0.3) is 0 Å². The summed E-state index contributed by atoms with van der Waals surface area (Å²) in [5.41, 5.74) is 1.75. The van der Waals surface area contributed by atoms with E-state index in [0.29, 0.717) is 29.5 Å². The lowest BCUT2D eigenvalue weighted by Gasteiger charge is -2.23. The standard InChI is InChI=1S/C18H25N5O3.ClH/c1-4-26-15-6-5-13(11-16(15)25-3)20-18(24)17-12(2)23(22-21-17)14-7-9-19-10-8-14;/h5-6,11,14,19H,4,7-10H2,1-3H3,(H,20,24);1H. The molecule has 0 bridgehead atoms. The van der Waals surface area contributed by atoms with Crippen molar-refractivity contribution in [3.63, 3.8) is 0 Å². The largest absolute Gasteiger partial charge is 0.493 e. The van der Waals surface area contributed by atoms with Crippen LogP contribution in [0.1, 0.15) is 42.0 Å². The number of rotatable bonds is 6. The predicted octanol–water partition coefficient (Wildman–Crippen LogP) is 2.59. The third-order valence-electron chi connectivity index (χ3n) is 4.52. The Bertz CT molecular complexity index is 774. The Balaban J connectivity index is 0.00000261. The number of piperidine rings is 1. The van der Waals surface area contributed by atoms with Crippen molar-refractivity contribution in [3.05, 3.63) is 29.6 Å². The molecule has 2 N–H and O–H groups in total. The number of hydrogen-bond acceptors (Lipinski definition) is 6. The molecule has 8 nitrogen and oxygen atoms in total. The highest BCUT2D eigenvalue weighted by Crippen LogP contribution is 2.30. The van der Waals surface area contributed by atoms with Crippen molar-refractivity contribution >= 4 is 24.0 Å². The maximum absolute atomic E-state index is 12.6. The number of methoxy groups -OCH3 is 1. The Hall–Kier alpha value is -2.32. The smallest absolute Gasteiger partial charge is 0.278 e. The number of halogens is 1. The van der Waals surface area contributed by atoms with Gasteiger partial charge in [0, 0.05) is 11.8 Å². The zero-order valence-electron chi connectivity index (χ0n) is 15.8. The summed E-state index contributed by atoms with van der Waals surface area (Å²) in [5, 5.41) is 14.5. The van der Waals surface area contributed by atoms with Gasteiger partial charge in [0.2, 0.25) is 0 Å². The number of ether oxygens (including phenoxy) is 2. The molecule has 1 saturated heterocycles. The van der Waals surface area contributed by atoms with E-state index in [9.17, 15) is 4.79 Å². The van der Waals surface area contributed by atoms with E-state index in [4.69, 9.17) is 9.47 Å². The molecule has 0 radical (unpaired) electrons. The molecular weight excluding hydrogens is 370 g/mol. The highest BCUT2D eigenvalue weighted by atomic mass is 35.5. The van der Waals surface area contributed by atoms with E-state index in [0.717, 1.165) is 31.6 Å². The number of hydrogen-bond donors (Lipinski definition) is 2. The van der Waals surface area contributed by atoms with Gasteiger partial charge < -0.3 is 20.1 Å². The average molecular weight is 396 g/mol. The molecule has 9 heteroatoms. The molecular formula is C18H26ClN5O3. The first-order valence-electron chi connectivity index (χ1n) is 8.88. The highest BCUT2D eigenvalue weighted by molar-refractivity contribution is 6.03. The Kier molecular flexibility index (Phi) is 7.44. The molecule has 1 aliphatic heterocycles. The van der Waals surface area contributed by atoms with Crippen molar-refractivity contribution in [1.82, 2.24) is 20.3 Å². The summed E-state index contributed by atoms with van der Waals surface area (Å²) in [4.78, 5) is 12.6. The van der Waals surface area contributed by atoms with Gasteiger partial charge in [-0.3, -0.25) is 4.79 Å². The van der Waals surface area contributed by atoms with Crippen LogP contribution < -0.4 is 20.1 Å². The molecule has 1 aliphatic rings. The summed E-state index contributed by atoms with van der Waals surface area (Å²) in [6.45, 7) is 6.25. The van der Waals surface area contributed by atoms with Crippen LogP contribution >= 0.6 is 12.4 Å². The van der Waals surface area contributed by atoms with Crippen molar-refractivity contribution in [2.45, 2.75) is 32.7 Å². The average Bonchev–Trinajstić information content (AvgIpc) is 3.05. The second kappa shape index (κ2) is 9.57. The van der Waals surface area contributed by atoms with Gasteiger partial charge in [-0.25, -0.2) is 4.68 Å². The SMILES string of the molecule is CCOc1ccc(NC(=O)c2nnn(C3CCNCC3)c2C)cc1OC.Cl. The van der Waals surface area contributed by atoms with Gasteiger partial charge in [-0.05, 0) is 51.9 Å². The van der Waals surface area contributed by atoms with Gasteiger partial charge in [0.1, 0.15) is 0 Å². The van der Waals surface area contributed by atoms with Crippen LogP contribution in [0, 0.1) is 6.92 Å². The van der Waals surface area contributed by atoms with Crippen molar-refractivity contribution < 1.29 is 14.3 Å². The molecule has 0 aliphatic carbocycles. The lowest BCUT2D eigenvalue weighted by Crippen LogP contribution is -2.30. The number of nitrogens with zero attached hydrogens (tertiary/aromatic N) is 3. The van der Waals surface area contributed by atoms with Crippen LogP contribution in [0.3, 0.4) is 0 Å². The van der Waals surface area contributed by atoms with E-state index < -0.39 is 0 Å². The third kappa shape index (κ3) is 4.70. The van der Waals surface area contributed by atoms with Crippen LogP contribution in [0.5, 0.6) is 11.5 Å². The number of anilines is 1. The molecule has 1 aromatic carbocycles. The number of benzene rings is 1. The summed E-state index contributed by atoms with van der Waals surface area (Å²) in [5.74, 6) is 0.926. The van der Waals surface area contributed by atoms with Crippen LogP contribution in [0.2, 0.25) is 0 Å². The molecule has 148 valence electrons. The summed E-state index contributed by atoms with van der Waals surface area (Å²) >= 11 is 0. The Morgan fingerprint density at radius 3 is 2.74 bits per heavy atom. The van der Waals surface area contributed by atoms with Crippen molar-refractivity contribution in [2.75, 3.05) is 32.1 Å². The van der Waals surface area contributed by atoms with Crippen molar-refractivity contribution in [1.29, 1.82) is 0 Å². The molecule has 1 amide bonds. The molecule has 1 fully saturated rings. The molecule has 2 heterocycles. The summed E-state index contributed by atoms with van der Waals surface area (Å²) in [7, 11) is 1.57. The zero-order valence-corrected chi connectivity index (χ0v) is 16.6. The number of carbonyl (C=O) groups is 1. The third-order valence-corrected chi connectivity index (χ3v) is 4.52. The molecule has 0 unspecified atom stereocenters. The Morgan fingerprint density at radius 1 is 1.33 bits per heavy atom. The minimum atomic E-state index is -0.283. The monoisotopic (exact) mass is 395 g/mol. The summed E-state index contributed by atoms with van der Waals surface area (Å²) in [6, 6.07) is 5.57. The minimum absolute atomic E-state index is 0. The van der Waals surface area contributed by atoms with Gasteiger partial charge in [0.15, 0.2) is 17.2 Å². The lowest BCUT2D eigenvalue weighted by molar-refractivity contribution is 0.102. The van der Waals surface area contributed by atoms with E-state index in [1.54, 1.807) is 25.3 Å². The van der Waals surface area contributed by atoms with E-state index in [1.165, 1.54) is 0 Å². The van der Waals surface area contributed by atoms with Crippen LogP contribution in [0.4, 0.5) is 5.69 Å². The van der Waals surface area contributed by atoms with Crippen LogP contribution in [-0.2, 0) is 0 Å². The fraction of sp³-hybridized carbons (Fsp3) is 0.500. The number of nitrogens with one attached hydrogen (secondary N) is 2. The molecule has 0 saturated carbocycles. The number of amides is 1. The number of aromatic nitrogens is 3. The van der Waals surface area contributed by atoms with Gasteiger partial charge in [-0.2, -0.15) is 0 Å². The van der Waals surface area contributed by atoms with Crippen LogP contribution in [0.15, 0.2) is 18.2 Å². The van der Waals surface area contributed by atoms with Crippen molar-refractivity contribution in [2.24, 2.45) is 0 Å². The summed E-state index contributed by atoms with van der Waals surface area (Å²) < 4.78 is 12.7. The Morgan fingerprint density at radius 2 is 2.07 bits per heavy atom. The first-order valence-corrected chi connectivity index (χ1v) is 8.88. The topological polar surface area (TPSA) is 90.3 Å². The van der Waals surface area contributed by atoms with Gasteiger partial charge in [-0.15, -0.1) is 17.5 Å². The normalized spacial score (nSPS) is 14.3. The quantitative estimate of drug-likeness (QED) is 0.781. The second-order valence-corrected chi connectivity index (χ2v) is 6.20. The van der Waals surface area contributed by atoms with Gasteiger partial charge in [0.05, 0.1) is 25.5 Å². The molecule has 3 rings (SSSR count). The fourth-order valence-electron chi connectivity index (χ4n) is 3.16. The van der Waals surface area contributed by atoms with Gasteiger partial charge >= 0.3 is 0 Å². The molecule has 27 heavy (non-hydrogen) atoms. The van der Waals surface area contributed by atoms with Crippen LogP contribution in [-0.4, -0.2) is 47.7 Å². The van der Waals surface area contributed by atoms with Gasteiger partial charge in [0.25, 0.3) is 5.91 Å². The minimum Gasteiger partial charge on any atom is -0.493 e. The fourth-order valence-corrected chi connectivity index (χ4v) is 3.16. The highest BCUT2D eigenvalue weighted by Gasteiger charge is 2.23. The molecule has 0 spiro atoms. The van der Waals surface area contributed by atoms with E-state index >= 15 is 0 Å². The molecule has 1 aromatic heterocycles. The molecule has 2 aromatic rings. The zero-order chi connectivity index (χ0) is 18.5. The van der Waals surface area contributed by atoms with E-state index in [1.807, 2.05) is 18.5 Å². The van der Waals surface area contributed by atoms with Gasteiger partial charge in [-0.1, -0.05) is 5.21 Å². The first kappa shape index (κ1) is 21.0. The maximum Gasteiger partial charge on any atom is 0.278 e. The first-order chi connectivity index (χ1) is 12.6. The second-order valence-electron chi connectivity index (χ2n) is 6.20. The number of carbonyl (C=O) groups excluding carboxylic acids is 1. The van der Waals surface area contributed by atoms with E-state index in [-0.39, 0.29) is 24.4 Å². The van der Waals surface area contributed by atoms with Crippen molar-refractivity contribution in [3.8, 4) is 11.5 Å². The Labute approximate surface area is 165 Å². The molecule has 0 atom stereocenters. The van der Waals surface area contributed by atoms with E-state index in [2.05, 4.69) is 20.9 Å². The predicted molar refractivity (Wildman–Crippen MR) is 105 cm³/mol. The lowest BCUT2D eigenvalue weighted by atomic mass is 10.1. The maximum atomic E-state index is 12.6.